The van der Waals surface area contributed by atoms with E-state index in [4.69, 9.17) is 23.2 Å². The van der Waals surface area contributed by atoms with Crippen LogP contribution in [0.4, 0.5) is 5.82 Å². The van der Waals surface area contributed by atoms with E-state index in [1.165, 1.54) is 0 Å². The number of aromatic nitrogens is 3. The van der Waals surface area contributed by atoms with Crippen LogP contribution in [-0.4, -0.2) is 64.4 Å². The number of halogens is 2. The normalized spacial score (nSPS) is 13.8. The summed E-state index contributed by atoms with van der Waals surface area (Å²) in [4.78, 5) is 40.3. The highest BCUT2D eigenvalue weighted by Gasteiger charge is 2.24. The van der Waals surface area contributed by atoms with Crippen molar-refractivity contribution in [1.82, 2.24) is 25.2 Å². The third kappa shape index (κ3) is 5.20. The van der Waals surface area contributed by atoms with Crippen LogP contribution < -0.4 is 10.2 Å². The van der Waals surface area contributed by atoms with Crippen LogP contribution in [0.5, 0.6) is 0 Å². The molecule has 2 amide bonds. The zero-order valence-electron chi connectivity index (χ0n) is 17.2. The first-order chi connectivity index (χ1) is 15.5. The lowest BCUT2D eigenvalue weighted by atomic mass is 10.1. The minimum absolute atomic E-state index is 0.132. The number of amides is 2. The van der Waals surface area contributed by atoms with E-state index in [1.54, 1.807) is 47.9 Å². The smallest absolute Gasteiger partial charge is 0.255 e. The van der Waals surface area contributed by atoms with Gasteiger partial charge in [-0.1, -0.05) is 23.2 Å². The molecular formula is C22H22Cl2N6O2. The van der Waals surface area contributed by atoms with Gasteiger partial charge in [-0.2, -0.15) is 0 Å². The van der Waals surface area contributed by atoms with Gasteiger partial charge in [0.2, 0.25) is 0 Å². The maximum atomic E-state index is 12.8. The number of H-pyrrole nitrogens is 1. The summed E-state index contributed by atoms with van der Waals surface area (Å²) in [5, 5.41) is 3.74. The van der Waals surface area contributed by atoms with E-state index < -0.39 is 0 Å². The molecule has 2 N–H and O–H groups in total. The molecule has 1 aromatic carbocycles. The molecule has 0 aliphatic carbocycles. The monoisotopic (exact) mass is 472 g/mol. The Bertz CT molecular complexity index is 1080. The molecule has 2 aromatic heterocycles. The van der Waals surface area contributed by atoms with Crippen LogP contribution in [0.1, 0.15) is 26.4 Å². The van der Waals surface area contributed by atoms with Crippen molar-refractivity contribution in [2.75, 3.05) is 37.6 Å². The van der Waals surface area contributed by atoms with Crippen LogP contribution in [0.3, 0.4) is 0 Å². The number of piperazine rings is 1. The molecule has 32 heavy (non-hydrogen) atoms. The van der Waals surface area contributed by atoms with Crippen LogP contribution in [0.2, 0.25) is 10.0 Å². The molecule has 0 saturated carbocycles. The van der Waals surface area contributed by atoms with Gasteiger partial charge in [0.15, 0.2) is 0 Å². The van der Waals surface area contributed by atoms with Gasteiger partial charge in [0.05, 0.1) is 22.5 Å². The first kappa shape index (κ1) is 22.1. The largest absolute Gasteiger partial charge is 0.353 e. The van der Waals surface area contributed by atoms with E-state index in [-0.39, 0.29) is 11.8 Å². The molecule has 1 aliphatic rings. The third-order valence-corrected chi connectivity index (χ3v) is 5.86. The van der Waals surface area contributed by atoms with Crippen molar-refractivity contribution >= 4 is 40.8 Å². The van der Waals surface area contributed by atoms with E-state index in [9.17, 15) is 9.59 Å². The predicted octanol–water partition coefficient (Wildman–Crippen LogP) is 3.05. The Kier molecular flexibility index (Phi) is 6.92. The second-order valence-electron chi connectivity index (χ2n) is 7.39. The molecule has 166 valence electrons. The maximum Gasteiger partial charge on any atom is 0.255 e. The second-order valence-corrected chi connectivity index (χ2v) is 8.23. The molecule has 3 heterocycles. The first-order valence-electron chi connectivity index (χ1n) is 10.2. The molecule has 0 bridgehead atoms. The van der Waals surface area contributed by atoms with Gasteiger partial charge in [0.25, 0.3) is 11.8 Å². The zero-order chi connectivity index (χ0) is 22.5. The van der Waals surface area contributed by atoms with Crippen molar-refractivity contribution < 1.29 is 9.59 Å². The van der Waals surface area contributed by atoms with Crippen molar-refractivity contribution in [3.05, 3.63) is 75.9 Å². The number of nitrogens with zero attached hydrogens (tertiary/aromatic N) is 4. The van der Waals surface area contributed by atoms with E-state index >= 15 is 0 Å². The SMILES string of the molecule is O=C(NCCc1cnc[nH]1)c1ccc(N2CCN(C(=O)c3cc(Cl)ccc3Cl)CC2)nc1. The minimum Gasteiger partial charge on any atom is -0.353 e. The molecule has 0 radical (unpaired) electrons. The topological polar surface area (TPSA) is 94.2 Å². The summed E-state index contributed by atoms with van der Waals surface area (Å²) in [7, 11) is 0. The number of carbonyl (C=O) groups is 2. The van der Waals surface area contributed by atoms with E-state index in [0.29, 0.717) is 60.3 Å². The van der Waals surface area contributed by atoms with E-state index in [0.717, 1.165) is 11.5 Å². The summed E-state index contributed by atoms with van der Waals surface area (Å²) in [6.45, 7) is 2.85. The molecule has 4 rings (SSSR count). The minimum atomic E-state index is -0.169. The van der Waals surface area contributed by atoms with Crippen LogP contribution in [0.15, 0.2) is 49.1 Å². The predicted molar refractivity (Wildman–Crippen MR) is 123 cm³/mol. The number of anilines is 1. The average Bonchev–Trinajstić information content (AvgIpc) is 3.34. The van der Waals surface area contributed by atoms with E-state index in [1.807, 2.05) is 6.07 Å². The Hall–Kier alpha value is -3.10. The second kappa shape index (κ2) is 10.0. The van der Waals surface area contributed by atoms with Gasteiger partial charge in [-0.25, -0.2) is 9.97 Å². The molecule has 0 spiro atoms. The molecular weight excluding hydrogens is 451 g/mol. The van der Waals surface area contributed by atoms with Crippen molar-refractivity contribution in [2.45, 2.75) is 6.42 Å². The van der Waals surface area contributed by atoms with Gasteiger partial charge in [0, 0.05) is 62.3 Å². The number of imidazole rings is 1. The summed E-state index contributed by atoms with van der Waals surface area (Å²) < 4.78 is 0. The molecule has 8 nitrogen and oxygen atoms in total. The molecule has 3 aromatic rings. The van der Waals surface area contributed by atoms with Gasteiger partial charge in [-0.3, -0.25) is 9.59 Å². The summed E-state index contributed by atoms with van der Waals surface area (Å²) in [5.74, 6) is 0.469. The number of hydrogen-bond donors (Lipinski definition) is 2. The Morgan fingerprint density at radius 2 is 1.88 bits per heavy atom. The first-order valence-corrected chi connectivity index (χ1v) is 11.0. The molecule has 0 atom stereocenters. The lowest BCUT2D eigenvalue weighted by Crippen LogP contribution is -2.49. The lowest BCUT2D eigenvalue weighted by molar-refractivity contribution is 0.0746. The van der Waals surface area contributed by atoms with E-state index in [2.05, 4.69) is 25.2 Å². The van der Waals surface area contributed by atoms with Crippen molar-refractivity contribution in [2.24, 2.45) is 0 Å². The van der Waals surface area contributed by atoms with Crippen molar-refractivity contribution in [3.8, 4) is 0 Å². The molecule has 1 aliphatic heterocycles. The van der Waals surface area contributed by atoms with Gasteiger partial charge in [-0.15, -0.1) is 0 Å². The molecule has 1 saturated heterocycles. The molecule has 0 unspecified atom stereocenters. The average molecular weight is 473 g/mol. The maximum absolute atomic E-state index is 12.8. The number of aromatic amines is 1. The standard InChI is InChI=1S/C22H22Cl2N6O2/c23-16-2-3-19(24)18(11-16)22(32)30-9-7-29(8-10-30)20-4-1-15(12-27-20)21(31)26-6-5-17-13-25-14-28-17/h1-4,11-14H,5-10H2,(H,25,28)(H,26,31). The Balaban J connectivity index is 1.29. The fourth-order valence-electron chi connectivity index (χ4n) is 3.51. The highest BCUT2D eigenvalue weighted by atomic mass is 35.5. The highest BCUT2D eigenvalue weighted by Crippen LogP contribution is 2.23. The van der Waals surface area contributed by atoms with Crippen molar-refractivity contribution in [3.63, 3.8) is 0 Å². The van der Waals surface area contributed by atoms with Crippen LogP contribution >= 0.6 is 23.2 Å². The van der Waals surface area contributed by atoms with Crippen LogP contribution in [0.25, 0.3) is 0 Å². The number of benzene rings is 1. The Morgan fingerprint density at radius 1 is 1.06 bits per heavy atom. The van der Waals surface area contributed by atoms with Gasteiger partial charge >= 0.3 is 0 Å². The summed E-state index contributed by atoms with van der Waals surface area (Å²) >= 11 is 12.2. The Labute approximate surface area is 195 Å². The third-order valence-electron chi connectivity index (χ3n) is 5.29. The van der Waals surface area contributed by atoms with Gasteiger partial charge in [0.1, 0.15) is 5.82 Å². The Morgan fingerprint density at radius 3 is 2.56 bits per heavy atom. The number of pyridine rings is 1. The quantitative estimate of drug-likeness (QED) is 0.574. The zero-order valence-corrected chi connectivity index (χ0v) is 18.7. The van der Waals surface area contributed by atoms with Crippen molar-refractivity contribution in [1.29, 1.82) is 0 Å². The fourth-order valence-corrected chi connectivity index (χ4v) is 3.88. The summed E-state index contributed by atoms with van der Waals surface area (Å²) in [6.07, 6.45) is 5.60. The lowest BCUT2D eigenvalue weighted by Gasteiger charge is -2.35. The molecule has 10 heteroatoms. The summed E-state index contributed by atoms with van der Waals surface area (Å²) in [5.41, 5.74) is 1.88. The van der Waals surface area contributed by atoms with Crippen LogP contribution in [0, 0.1) is 0 Å². The van der Waals surface area contributed by atoms with Gasteiger partial charge < -0.3 is 20.1 Å². The van der Waals surface area contributed by atoms with Crippen LogP contribution in [-0.2, 0) is 6.42 Å². The molecule has 1 fully saturated rings. The number of hydrogen-bond acceptors (Lipinski definition) is 5. The summed E-state index contributed by atoms with van der Waals surface area (Å²) in [6, 6.07) is 8.48. The number of nitrogens with one attached hydrogen (secondary N) is 2. The number of carbonyl (C=O) groups excluding carboxylic acids is 2. The fraction of sp³-hybridized carbons (Fsp3) is 0.273. The van der Waals surface area contributed by atoms with Gasteiger partial charge in [-0.05, 0) is 30.3 Å². The highest BCUT2D eigenvalue weighted by molar-refractivity contribution is 6.35. The number of rotatable bonds is 6.